The van der Waals surface area contributed by atoms with Crippen molar-refractivity contribution in [1.82, 2.24) is 10.3 Å². The van der Waals surface area contributed by atoms with Crippen LogP contribution in [0.1, 0.15) is 12.1 Å². The second-order valence-corrected chi connectivity index (χ2v) is 3.24. The summed E-state index contributed by atoms with van der Waals surface area (Å²) < 4.78 is 5.65. The van der Waals surface area contributed by atoms with Gasteiger partial charge < -0.3 is 10.1 Å². The Bertz CT molecular complexity index is 351. The predicted molar refractivity (Wildman–Crippen MR) is 54.1 cm³/mol. The molecule has 1 saturated heterocycles. The van der Waals surface area contributed by atoms with Gasteiger partial charge in [-0.2, -0.15) is 0 Å². The summed E-state index contributed by atoms with van der Waals surface area (Å²) >= 11 is 0. The first-order valence-corrected chi connectivity index (χ1v) is 4.69. The van der Waals surface area contributed by atoms with Crippen molar-refractivity contribution in [1.29, 1.82) is 0 Å². The van der Waals surface area contributed by atoms with E-state index in [0.717, 1.165) is 19.5 Å². The Balaban J connectivity index is 2.05. The van der Waals surface area contributed by atoms with Gasteiger partial charge in [0.1, 0.15) is 11.8 Å². The fourth-order valence-electron chi connectivity index (χ4n) is 1.46. The number of hydrogen-bond donors (Lipinski definition) is 1. The first-order chi connectivity index (χ1) is 6.88. The summed E-state index contributed by atoms with van der Waals surface area (Å²) in [5.74, 6) is 3.11. The van der Waals surface area contributed by atoms with Gasteiger partial charge in [-0.25, -0.2) is 4.98 Å². The van der Waals surface area contributed by atoms with Gasteiger partial charge in [0.05, 0.1) is 0 Å². The molecule has 1 unspecified atom stereocenters. The van der Waals surface area contributed by atoms with E-state index in [2.05, 4.69) is 16.2 Å². The molecule has 0 amide bonds. The van der Waals surface area contributed by atoms with Crippen LogP contribution < -0.4 is 10.1 Å². The topological polar surface area (TPSA) is 34.1 Å². The van der Waals surface area contributed by atoms with E-state index in [1.165, 1.54) is 0 Å². The highest BCUT2D eigenvalue weighted by Gasteiger charge is 2.16. The highest BCUT2D eigenvalue weighted by Crippen LogP contribution is 2.12. The molecule has 2 rings (SSSR count). The van der Waals surface area contributed by atoms with Crippen molar-refractivity contribution in [2.24, 2.45) is 0 Å². The van der Waals surface area contributed by atoms with Crippen LogP contribution >= 0.6 is 0 Å². The minimum absolute atomic E-state index is 0.232. The molecule has 1 aromatic rings. The van der Waals surface area contributed by atoms with E-state index in [-0.39, 0.29) is 6.10 Å². The fourth-order valence-corrected chi connectivity index (χ4v) is 1.46. The lowest BCUT2D eigenvalue weighted by molar-refractivity contribution is 0.214. The predicted octanol–water partition coefficient (Wildman–Crippen LogP) is 0.804. The monoisotopic (exact) mass is 188 g/mol. The molecule has 0 spiro atoms. The molecule has 1 aliphatic rings. The Kier molecular flexibility index (Phi) is 2.66. The Labute approximate surface area is 83.5 Å². The van der Waals surface area contributed by atoms with E-state index in [4.69, 9.17) is 11.2 Å². The molecule has 0 aliphatic carbocycles. The lowest BCUT2D eigenvalue weighted by atomic mass is 10.3. The molecule has 1 aliphatic heterocycles. The van der Waals surface area contributed by atoms with Gasteiger partial charge in [-0.3, -0.25) is 0 Å². The Morgan fingerprint density at radius 1 is 1.57 bits per heavy atom. The van der Waals surface area contributed by atoms with Gasteiger partial charge in [0, 0.05) is 12.6 Å². The number of hydrogen-bond acceptors (Lipinski definition) is 3. The molecule has 14 heavy (non-hydrogen) atoms. The summed E-state index contributed by atoms with van der Waals surface area (Å²) in [5.41, 5.74) is 0.619. The largest absolute Gasteiger partial charge is 0.473 e. The van der Waals surface area contributed by atoms with Gasteiger partial charge in [0.2, 0.25) is 5.88 Å². The molecule has 0 radical (unpaired) electrons. The minimum atomic E-state index is 0.232. The van der Waals surface area contributed by atoms with Gasteiger partial charge in [0.15, 0.2) is 0 Å². The van der Waals surface area contributed by atoms with E-state index in [9.17, 15) is 0 Å². The van der Waals surface area contributed by atoms with Crippen LogP contribution in [0.15, 0.2) is 18.2 Å². The zero-order chi connectivity index (χ0) is 9.80. The van der Waals surface area contributed by atoms with Crippen molar-refractivity contribution in [3.05, 3.63) is 23.9 Å². The van der Waals surface area contributed by atoms with Crippen LogP contribution in [0.25, 0.3) is 0 Å². The molecule has 1 aromatic heterocycles. The molecule has 72 valence electrons. The second-order valence-electron chi connectivity index (χ2n) is 3.24. The molecular formula is C11H12N2O. The van der Waals surface area contributed by atoms with E-state index in [1.54, 1.807) is 6.07 Å². The minimum Gasteiger partial charge on any atom is -0.473 e. The number of aromatic nitrogens is 1. The highest BCUT2D eigenvalue weighted by atomic mass is 16.5. The second kappa shape index (κ2) is 4.12. The van der Waals surface area contributed by atoms with Crippen molar-refractivity contribution in [3.8, 4) is 18.2 Å². The van der Waals surface area contributed by atoms with Crippen LogP contribution in [-0.2, 0) is 0 Å². The number of pyridine rings is 1. The molecule has 1 fully saturated rings. The van der Waals surface area contributed by atoms with E-state index >= 15 is 0 Å². The first-order valence-electron chi connectivity index (χ1n) is 4.69. The molecule has 1 atom stereocenters. The van der Waals surface area contributed by atoms with E-state index in [1.807, 2.05) is 12.1 Å². The normalized spacial score (nSPS) is 20.4. The molecule has 0 saturated carbocycles. The van der Waals surface area contributed by atoms with Gasteiger partial charge in [-0.1, -0.05) is 12.0 Å². The quantitative estimate of drug-likeness (QED) is 0.697. The van der Waals surface area contributed by atoms with Crippen molar-refractivity contribution >= 4 is 0 Å². The van der Waals surface area contributed by atoms with Crippen LogP contribution in [0.5, 0.6) is 5.88 Å². The van der Waals surface area contributed by atoms with Crippen molar-refractivity contribution in [2.45, 2.75) is 12.5 Å². The lowest BCUT2D eigenvalue weighted by Gasteiger charge is -2.10. The first kappa shape index (κ1) is 9.04. The number of nitrogens with zero attached hydrogens (tertiary/aromatic N) is 1. The average molecular weight is 188 g/mol. The van der Waals surface area contributed by atoms with E-state index < -0.39 is 0 Å². The Hall–Kier alpha value is -1.53. The number of terminal acetylenes is 1. The number of nitrogens with one attached hydrogen (secondary N) is 1. The zero-order valence-corrected chi connectivity index (χ0v) is 7.86. The molecule has 2 heterocycles. The van der Waals surface area contributed by atoms with Gasteiger partial charge in [-0.05, 0) is 19.0 Å². The maximum atomic E-state index is 5.65. The van der Waals surface area contributed by atoms with Gasteiger partial charge in [-0.15, -0.1) is 6.42 Å². The van der Waals surface area contributed by atoms with Crippen LogP contribution in [0.2, 0.25) is 0 Å². The summed E-state index contributed by atoms with van der Waals surface area (Å²) in [4.78, 5) is 4.17. The molecule has 3 heteroatoms. The Morgan fingerprint density at radius 2 is 2.50 bits per heavy atom. The number of rotatable bonds is 2. The molecule has 3 nitrogen and oxygen atoms in total. The zero-order valence-electron chi connectivity index (χ0n) is 7.86. The summed E-state index contributed by atoms with van der Waals surface area (Å²) in [6, 6.07) is 5.48. The van der Waals surface area contributed by atoms with Gasteiger partial charge >= 0.3 is 0 Å². The van der Waals surface area contributed by atoms with Crippen LogP contribution in [0.3, 0.4) is 0 Å². The third-order valence-electron chi connectivity index (χ3n) is 2.17. The van der Waals surface area contributed by atoms with Crippen LogP contribution in [0.4, 0.5) is 0 Å². The van der Waals surface area contributed by atoms with Gasteiger partial charge in [0.25, 0.3) is 0 Å². The molecular weight excluding hydrogens is 176 g/mol. The van der Waals surface area contributed by atoms with Crippen molar-refractivity contribution < 1.29 is 4.74 Å². The smallest absolute Gasteiger partial charge is 0.214 e. The number of ether oxygens (including phenoxy) is 1. The SMILES string of the molecule is C#Cc1cccc(OC2CCNC2)n1. The third-order valence-corrected chi connectivity index (χ3v) is 2.17. The van der Waals surface area contributed by atoms with Crippen molar-refractivity contribution in [3.63, 3.8) is 0 Å². The lowest BCUT2D eigenvalue weighted by Crippen LogP contribution is -2.20. The standard InChI is InChI=1S/C11H12N2O/c1-2-9-4-3-5-11(13-9)14-10-6-7-12-8-10/h1,3-5,10,12H,6-8H2. The molecule has 0 bridgehead atoms. The summed E-state index contributed by atoms with van der Waals surface area (Å²) in [5, 5.41) is 3.23. The van der Waals surface area contributed by atoms with Crippen LogP contribution in [-0.4, -0.2) is 24.2 Å². The molecule has 0 aromatic carbocycles. The maximum Gasteiger partial charge on any atom is 0.214 e. The summed E-state index contributed by atoms with van der Waals surface area (Å²) in [6.07, 6.45) is 6.51. The average Bonchev–Trinajstić information content (AvgIpc) is 2.71. The third kappa shape index (κ3) is 2.04. The van der Waals surface area contributed by atoms with Crippen molar-refractivity contribution in [2.75, 3.05) is 13.1 Å². The van der Waals surface area contributed by atoms with E-state index in [0.29, 0.717) is 11.6 Å². The maximum absolute atomic E-state index is 5.65. The Morgan fingerprint density at radius 3 is 3.21 bits per heavy atom. The highest BCUT2D eigenvalue weighted by molar-refractivity contribution is 5.27. The van der Waals surface area contributed by atoms with Crippen LogP contribution in [0, 0.1) is 12.3 Å². The molecule has 1 N–H and O–H groups in total. The summed E-state index contributed by atoms with van der Waals surface area (Å²) in [6.45, 7) is 1.90. The fraction of sp³-hybridized carbons (Fsp3) is 0.364. The summed E-state index contributed by atoms with van der Waals surface area (Å²) in [7, 11) is 0.